The van der Waals surface area contributed by atoms with E-state index in [2.05, 4.69) is 4.98 Å². The monoisotopic (exact) mass is 248 g/mol. The number of fused-ring (bicyclic) bond motifs is 1. The molecule has 0 aliphatic carbocycles. The second-order valence-electron chi connectivity index (χ2n) is 3.85. The molecule has 0 amide bonds. The average molecular weight is 248 g/mol. The number of ether oxygens (including phenoxy) is 2. The number of benzene rings is 1. The summed E-state index contributed by atoms with van der Waals surface area (Å²) in [4.78, 5) is 4.48. The Morgan fingerprint density at radius 2 is 2.12 bits per heavy atom. The molecule has 4 nitrogen and oxygen atoms in total. The Morgan fingerprint density at radius 1 is 1.35 bits per heavy atom. The predicted octanol–water partition coefficient (Wildman–Crippen LogP) is 2.31. The lowest BCUT2D eigenvalue weighted by atomic mass is 10.1. The van der Waals surface area contributed by atoms with Gasteiger partial charge in [-0.1, -0.05) is 0 Å². The van der Waals surface area contributed by atoms with Gasteiger partial charge in [0.25, 0.3) is 0 Å². The van der Waals surface area contributed by atoms with Crippen molar-refractivity contribution in [3.8, 4) is 22.8 Å². The molecule has 2 aromatic rings. The fraction of sp³-hybridized carbons (Fsp3) is 0.250. The van der Waals surface area contributed by atoms with E-state index in [9.17, 15) is 0 Å². The molecule has 88 valence electrons. The van der Waals surface area contributed by atoms with Crippen LogP contribution in [0.15, 0.2) is 17.5 Å². The third-order valence-electron chi connectivity index (χ3n) is 2.72. The maximum atomic E-state index is 5.57. The molecule has 0 spiro atoms. The minimum atomic E-state index is 0.295. The van der Waals surface area contributed by atoms with Gasteiger partial charge in [0.2, 0.25) is 6.79 Å². The molecule has 2 heterocycles. The summed E-state index contributed by atoms with van der Waals surface area (Å²) >= 11 is 1.58. The van der Waals surface area contributed by atoms with Gasteiger partial charge < -0.3 is 15.2 Å². The minimum Gasteiger partial charge on any atom is -0.454 e. The number of hydrogen-bond acceptors (Lipinski definition) is 5. The van der Waals surface area contributed by atoms with Crippen LogP contribution in [0.25, 0.3) is 11.3 Å². The van der Waals surface area contributed by atoms with Gasteiger partial charge in [-0.25, -0.2) is 4.98 Å². The molecule has 0 unspecified atom stereocenters. The molecular formula is C12H12N2O2S. The zero-order chi connectivity index (χ0) is 11.8. The standard InChI is InChI=1S/C12H12N2O2S/c1-7-2-10-11(16-6-15-10)3-8(7)9-5-17-12(4-13)14-9/h2-3,5H,4,6,13H2,1H3. The Kier molecular flexibility index (Phi) is 2.49. The lowest BCUT2D eigenvalue weighted by Gasteiger charge is -2.04. The Morgan fingerprint density at radius 3 is 2.82 bits per heavy atom. The minimum absolute atomic E-state index is 0.295. The highest BCUT2D eigenvalue weighted by atomic mass is 32.1. The lowest BCUT2D eigenvalue weighted by Crippen LogP contribution is -1.95. The summed E-state index contributed by atoms with van der Waals surface area (Å²) in [6.07, 6.45) is 0. The first-order chi connectivity index (χ1) is 8.28. The van der Waals surface area contributed by atoms with E-state index in [1.165, 1.54) is 0 Å². The van der Waals surface area contributed by atoms with Crippen LogP contribution in [0.4, 0.5) is 0 Å². The summed E-state index contributed by atoms with van der Waals surface area (Å²) in [6, 6.07) is 3.96. The molecule has 1 aliphatic rings. The average Bonchev–Trinajstić information content (AvgIpc) is 2.94. The number of rotatable bonds is 2. The van der Waals surface area contributed by atoms with E-state index < -0.39 is 0 Å². The van der Waals surface area contributed by atoms with Crippen LogP contribution < -0.4 is 15.2 Å². The van der Waals surface area contributed by atoms with Crippen LogP contribution >= 0.6 is 11.3 Å². The second-order valence-corrected chi connectivity index (χ2v) is 4.79. The van der Waals surface area contributed by atoms with E-state index in [1.54, 1.807) is 11.3 Å². The first kappa shape index (κ1) is 10.6. The molecule has 0 saturated carbocycles. The summed E-state index contributed by atoms with van der Waals surface area (Å²) in [5, 5.41) is 2.96. The van der Waals surface area contributed by atoms with E-state index in [1.807, 2.05) is 24.4 Å². The highest BCUT2D eigenvalue weighted by molar-refractivity contribution is 7.09. The number of thiazole rings is 1. The van der Waals surface area contributed by atoms with Gasteiger partial charge in [0.15, 0.2) is 11.5 Å². The number of nitrogens with zero attached hydrogens (tertiary/aromatic N) is 1. The molecule has 0 radical (unpaired) electrons. The summed E-state index contributed by atoms with van der Waals surface area (Å²) < 4.78 is 10.7. The maximum absolute atomic E-state index is 5.57. The van der Waals surface area contributed by atoms with Crippen LogP contribution in [0.5, 0.6) is 11.5 Å². The molecular weight excluding hydrogens is 236 g/mol. The molecule has 0 bridgehead atoms. The van der Waals surface area contributed by atoms with Crippen molar-refractivity contribution in [1.82, 2.24) is 4.98 Å². The predicted molar refractivity (Wildman–Crippen MR) is 66.3 cm³/mol. The largest absolute Gasteiger partial charge is 0.454 e. The van der Waals surface area contributed by atoms with Gasteiger partial charge in [-0.05, 0) is 24.6 Å². The van der Waals surface area contributed by atoms with Crippen molar-refractivity contribution < 1.29 is 9.47 Å². The summed E-state index contributed by atoms with van der Waals surface area (Å²) in [5.41, 5.74) is 8.73. The van der Waals surface area contributed by atoms with Crippen LogP contribution in [0.1, 0.15) is 10.6 Å². The number of hydrogen-bond donors (Lipinski definition) is 1. The normalized spacial score (nSPS) is 13.1. The summed E-state index contributed by atoms with van der Waals surface area (Å²) in [6.45, 7) is 2.82. The Hall–Kier alpha value is -1.59. The van der Waals surface area contributed by atoms with Gasteiger partial charge in [0.05, 0.1) is 5.69 Å². The SMILES string of the molecule is Cc1cc2c(cc1-c1csc(CN)n1)OCO2. The first-order valence-electron chi connectivity index (χ1n) is 5.33. The van der Waals surface area contributed by atoms with Crippen LogP contribution in [-0.2, 0) is 6.54 Å². The molecule has 17 heavy (non-hydrogen) atoms. The van der Waals surface area contributed by atoms with Crippen molar-refractivity contribution in [2.75, 3.05) is 6.79 Å². The number of nitrogens with two attached hydrogens (primary N) is 1. The third kappa shape index (κ3) is 1.77. The second kappa shape index (κ2) is 4.01. The Bertz CT molecular complexity index is 566. The highest BCUT2D eigenvalue weighted by Gasteiger charge is 2.17. The van der Waals surface area contributed by atoms with Gasteiger partial charge in [0.1, 0.15) is 5.01 Å². The first-order valence-corrected chi connectivity index (χ1v) is 6.21. The Labute approximate surface area is 103 Å². The fourth-order valence-corrected chi connectivity index (χ4v) is 2.52. The zero-order valence-corrected chi connectivity index (χ0v) is 10.2. The van der Waals surface area contributed by atoms with Crippen molar-refractivity contribution in [1.29, 1.82) is 0 Å². The molecule has 0 atom stereocenters. The quantitative estimate of drug-likeness (QED) is 0.886. The van der Waals surface area contributed by atoms with Gasteiger partial charge in [-0.15, -0.1) is 11.3 Å². The van der Waals surface area contributed by atoms with E-state index >= 15 is 0 Å². The molecule has 2 N–H and O–H groups in total. The van der Waals surface area contributed by atoms with E-state index in [0.717, 1.165) is 33.3 Å². The third-order valence-corrected chi connectivity index (χ3v) is 3.59. The molecule has 5 heteroatoms. The molecule has 1 aromatic carbocycles. The smallest absolute Gasteiger partial charge is 0.231 e. The molecule has 1 aromatic heterocycles. The van der Waals surface area contributed by atoms with Crippen molar-refractivity contribution >= 4 is 11.3 Å². The lowest BCUT2D eigenvalue weighted by molar-refractivity contribution is 0.174. The van der Waals surface area contributed by atoms with Crippen molar-refractivity contribution in [3.63, 3.8) is 0 Å². The molecule has 1 aliphatic heterocycles. The Balaban J connectivity index is 2.08. The summed E-state index contributed by atoms with van der Waals surface area (Å²) in [5.74, 6) is 1.59. The number of aryl methyl sites for hydroxylation is 1. The molecule has 0 saturated heterocycles. The van der Waals surface area contributed by atoms with Crippen molar-refractivity contribution in [2.24, 2.45) is 5.73 Å². The van der Waals surface area contributed by atoms with Gasteiger partial charge in [-0.3, -0.25) is 0 Å². The van der Waals surface area contributed by atoms with E-state index in [4.69, 9.17) is 15.2 Å². The van der Waals surface area contributed by atoms with E-state index in [0.29, 0.717) is 13.3 Å². The molecule has 0 fully saturated rings. The molecule has 3 rings (SSSR count). The topological polar surface area (TPSA) is 57.4 Å². The fourth-order valence-electron chi connectivity index (χ4n) is 1.85. The highest BCUT2D eigenvalue weighted by Crippen LogP contribution is 2.38. The van der Waals surface area contributed by atoms with Crippen molar-refractivity contribution in [3.05, 3.63) is 28.1 Å². The summed E-state index contributed by atoms with van der Waals surface area (Å²) in [7, 11) is 0. The van der Waals surface area contributed by atoms with Crippen LogP contribution in [-0.4, -0.2) is 11.8 Å². The van der Waals surface area contributed by atoms with Crippen LogP contribution in [0.2, 0.25) is 0 Å². The van der Waals surface area contributed by atoms with Crippen molar-refractivity contribution in [2.45, 2.75) is 13.5 Å². The van der Waals surface area contributed by atoms with Crippen LogP contribution in [0.3, 0.4) is 0 Å². The van der Waals surface area contributed by atoms with Gasteiger partial charge in [0, 0.05) is 17.5 Å². The van der Waals surface area contributed by atoms with Gasteiger partial charge in [-0.2, -0.15) is 0 Å². The van der Waals surface area contributed by atoms with E-state index in [-0.39, 0.29) is 0 Å². The zero-order valence-electron chi connectivity index (χ0n) is 9.40. The van der Waals surface area contributed by atoms with Gasteiger partial charge >= 0.3 is 0 Å². The number of aromatic nitrogens is 1. The maximum Gasteiger partial charge on any atom is 0.231 e. The van der Waals surface area contributed by atoms with Crippen LogP contribution in [0, 0.1) is 6.92 Å².